The van der Waals surface area contributed by atoms with Gasteiger partial charge in [0, 0.05) is 29.7 Å². The first-order valence-electron chi connectivity index (χ1n) is 6.40. The zero-order valence-corrected chi connectivity index (χ0v) is 11.1. The molecule has 0 amide bonds. The van der Waals surface area contributed by atoms with Crippen LogP contribution in [0.2, 0.25) is 0 Å². The Labute approximate surface area is 116 Å². The minimum absolute atomic E-state index is 0.285. The highest BCUT2D eigenvalue weighted by molar-refractivity contribution is 5.83. The number of halogens is 1. The van der Waals surface area contributed by atoms with E-state index in [0.29, 0.717) is 18.0 Å². The predicted octanol–water partition coefficient (Wildman–Crippen LogP) is 3.93. The van der Waals surface area contributed by atoms with Gasteiger partial charge in [-0.3, -0.25) is 0 Å². The third-order valence-corrected chi connectivity index (χ3v) is 3.33. The molecule has 4 heteroatoms. The van der Waals surface area contributed by atoms with Crippen molar-refractivity contribution >= 4 is 16.6 Å². The molecule has 0 unspecified atom stereocenters. The van der Waals surface area contributed by atoms with Crippen LogP contribution in [0.25, 0.3) is 10.9 Å². The van der Waals surface area contributed by atoms with Gasteiger partial charge in [0.05, 0.1) is 12.8 Å². The second kappa shape index (κ2) is 5.25. The normalized spacial score (nSPS) is 10.7. The van der Waals surface area contributed by atoms with E-state index in [1.165, 1.54) is 6.07 Å². The van der Waals surface area contributed by atoms with Crippen LogP contribution in [0.1, 0.15) is 5.56 Å². The molecule has 0 aliphatic rings. The quantitative estimate of drug-likeness (QED) is 0.753. The molecule has 0 fully saturated rings. The van der Waals surface area contributed by atoms with Gasteiger partial charge < -0.3 is 15.0 Å². The number of aromatic nitrogens is 1. The Balaban J connectivity index is 1.84. The van der Waals surface area contributed by atoms with Crippen LogP contribution in [-0.4, -0.2) is 12.1 Å². The average molecular weight is 270 g/mol. The standard InChI is InChI=1S/C16H15FN2O/c1-20-12-5-6-14(17)16(9-12)19-10-11-3-2-4-15-13(11)7-8-18-15/h2-9,18-19H,10H2,1H3. The molecule has 1 heterocycles. The van der Waals surface area contributed by atoms with E-state index in [2.05, 4.69) is 10.3 Å². The molecule has 2 aromatic carbocycles. The first-order valence-corrected chi connectivity index (χ1v) is 6.40. The van der Waals surface area contributed by atoms with Gasteiger partial charge in [-0.05, 0) is 29.8 Å². The number of anilines is 1. The van der Waals surface area contributed by atoms with Gasteiger partial charge in [0.15, 0.2) is 0 Å². The van der Waals surface area contributed by atoms with Crippen LogP contribution >= 0.6 is 0 Å². The second-order valence-corrected chi connectivity index (χ2v) is 4.56. The number of ether oxygens (including phenoxy) is 1. The molecule has 3 rings (SSSR count). The van der Waals surface area contributed by atoms with E-state index in [-0.39, 0.29) is 5.82 Å². The Kier molecular flexibility index (Phi) is 3.29. The highest BCUT2D eigenvalue weighted by Crippen LogP contribution is 2.23. The van der Waals surface area contributed by atoms with Crippen molar-refractivity contribution in [3.05, 3.63) is 60.0 Å². The van der Waals surface area contributed by atoms with E-state index in [1.54, 1.807) is 19.2 Å². The van der Waals surface area contributed by atoms with Gasteiger partial charge in [-0.2, -0.15) is 0 Å². The monoisotopic (exact) mass is 270 g/mol. The van der Waals surface area contributed by atoms with Crippen LogP contribution in [0, 0.1) is 5.82 Å². The second-order valence-electron chi connectivity index (χ2n) is 4.56. The summed E-state index contributed by atoms with van der Waals surface area (Å²) in [7, 11) is 1.57. The molecular weight excluding hydrogens is 255 g/mol. The number of fused-ring (bicyclic) bond motifs is 1. The Morgan fingerprint density at radius 2 is 2.10 bits per heavy atom. The van der Waals surface area contributed by atoms with Crippen LogP contribution in [0.5, 0.6) is 5.75 Å². The molecule has 0 bridgehead atoms. The van der Waals surface area contributed by atoms with Crippen molar-refractivity contribution in [2.75, 3.05) is 12.4 Å². The van der Waals surface area contributed by atoms with Crippen molar-refractivity contribution in [2.45, 2.75) is 6.54 Å². The van der Waals surface area contributed by atoms with Gasteiger partial charge in [-0.15, -0.1) is 0 Å². The van der Waals surface area contributed by atoms with Crippen LogP contribution < -0.4 is 10.1 Å². The van der Waals surface area contributed by atoms with Gasteiger partial charge >= 0.3 is 0 Å². The van der Waals surface area contributed by atoms with Gasteiger partial charge in [-0.25, -0.2) is 4.39 Å². The fourth-order valence-electron chi connectivity index (χ4n) is 2.26. The molecule has 0 spiro atoms. The van der Waals surface area contributed by atoms with Crippen molar-refractivity contribution in [2.24, 2.45) is 0 Å². The fraction of sp³-hybridized carbons (Fsp3) is 0.125. The van der Waals surface area contributed by atoms with Crippen molar-refractivity contribution in [3.8, 4) is 5.75 Å². The number of H-pyrrole nitrogens is 1. The maximum absolute atomic E-state index is 13.7. The third-order valence-electron chi connectivity index (χ3n) is 3.33. The molecular formula is C16H15FN2O. The van der Waals surface area contributed by atoms with Crippen LogP contribution in [-0.2, 0) is 6.54 Å². The minimum atomic E-state index is -0.285. The maximum Gasteiger partial charge on any atom is 0.146 e. The summed E-state index contributed by atoms with van der Waals surface area (Å²) >= 11 is 0. The number of benzene rings is 2. The molecule has 3 nitrogen and oxygen atoms in total. The predicted molar refractivity (Wildman–Crippen MR) is 78.6 cm³/mol. The average Bonchev–Trinajstić information content (AvgIpc) is 2.95. The van der Waals surface area contributed by atoms with E-state index in [9.17, 15) is 4.39 Å². The van der Waals surface area contributed by atoms with Gasteiger partial charge in [0.1, 0.15) is 11.6 Å². The van der Waals surface area contributed by atoms with E-state index in [1.807, 2.05) is 30.5 Å². The third kappa shape index (κ3) is 2.32. The molecule has 0 aliphatic heterocycles. The molecule has 1 aromatic heterocycles. The molecule has 102 valence electrons. The molecule has 0 saturated carbocycles. The van der Waals surface area contributed by atoms with Crippen LogP contribution in [0.3, 0.4) is 0 Å². The highest BCUT2D eigenvalue weighted by Gasteiger charge is 2.06. The van der Waals surface area contributed by atoms with Gasteiger partial charge in [0.25, 0.3) is 0 Å². The van der Waals surface area contributed by atoms with Gasteiger partial charge in [0.2, 0.25) is 0 Å². The number of hydrogen-bond donors (Lipinski definition) is 2. The highest BCUT2D eigenvalue weighted by atomic mass is 19.1. The van der Waals surface area contributed by atoms with Crippen molar-refractivity contribution in [1.82, 2.24) is 4.98 Å². The molecule has 0 atom stereocenters. The van der Waals surface area contributed by atoms with Gasteiger partial charge in [-0.1, -0.05) is 12.1 Å². The number of hydrogen-bond acceptors (Lipinski definition) is 2. The molecule has 20 heavy (non-hydrogen) atoms. The zero-order valence-electron chi connectivity index (χ0n) is 11.1. The smallest absolute Gasteiger partial charge is 0.146 e. The Morgan fingerprint density at radius 1 is 1.20 bits per heavy atom. The molecule has 2 N–H and O–H groups in total. The lowest BCUT2D eigenvalue weighted by molar-refractivity contribution is 0.414. The Morgan fingerprint density at radius 3 is 2.95 bits per heavy atom. The Bertz CT molecular complexity index is 736. The largest absolute Gasteiger partial charge is 0.497 e. The first kappa shape index (κ1) is 12.5. The van der Waals surface area contributed by atoms with E-state index >= 15 is 0 Å². The molecule has 0 saturated heterocycles. The summed E-state index contributed by atoms with van der Waals surface area (Å²) in [5.41, 5.74) is 2.64. The zero-order chi connectivity index (χ0) is 13.9. The van der Waals surface area contributed by atoms with E-state index in [0.717, 1.165) is 16.5 Å². The molecule has 0 radical (unpaired) electrons. The van der Waals surface area contributed by atoms with E-state index < -0.39 is 0 Å². The van der Waals surface area contributed by atoms with Crippen molar-refractivity contribution in [1.29, 1.82) is 0 Å². The lowest BCUT2D eigenvalue weighted by Gasteiger charge is -2.10. The lowest BCUT2D eigenvalue weighted by atomic mass is 10.1. The summed E-state index contributed by atoms with van der Waals surface area (Å²) < 4.78 is 18.8. The number of aromatic amines is 1. The summed E-state index contributed by atoms with van der Waals surface area (Å²) in [6, 6.07) is 12.7. The topological polar surface area (TPSA) is 37.0 Å². The molecule has 3 aromatic rings. The van der Waals surface area contributed by atoms with Crippen molar-refractivity contribution < 1.29 is 9.13 Å². The van der Waals surface area contributed by atoms with Crippen molar-refractivity contribution in [3.63, 3.8) is 0 Å². The summed E-state index contributed by atoms with van der Waals surface area (Å²) in [5.74, 6) is 0.348. The number of rotatable bonds is 4. The number of methoxy groups -OCH3 is 1. The summed E-state index contributed by atoms with van der Waals surface area (Å²) in [6.07, 6.45) is 1.90. The molecule has 0 aliphatic carbocycles. The lowest BCUT2D eigenvalue weighted by Crippen LogP contribution is -2.02. The number of nitrogens with one attached hydrogen (secondary N) is 2. The maximum atomic E-state index is 13.7. The summed E-state index contributed by atoms with van der Waals surface area (Å²) in [5, 5.41) is 4.26. The first-order chi connectivity index (χ1) is 9.78. The fourth-order valence-corrected chi connectivity index (χ4v) is 2.26. The SMILES string of the molecule is COc1ccc(F)c(NCc2cccc3[nH]ccc23)c1. The summed E-state index contributed by atoms with van der Waals surface area (Å²) in [4.78, 5) is 3.17. The summed E-state index contributed by atoms with van der Waals surface area (Å²) in [6.45, 7) is 0.555. The van der Waals surface area contributed by atoms with Crippen LogP contribution in [0.15, 0.2) is 48.7 Å². The Hall–Kier alpha value is -2.49. The minimum Gasteiger partial charge on any atom is -0.497 e. The van der Waals surface area contributed by atoms with E-state index in [4.69, 9.17) is 4.74 Å². The van der Waals surface area contributed by atoms with Crippen LogP contribution in [0.4, 0.5) is 10.1 Å².